The predicted octanol–water partition coefficient (Wildman–Crippen LogP) is 7.45. The molecule has 4 heteroatoms. The number of benzene rings is 1. The van der Waals surface area contributed by atoms with Gasteiger partial charge >= 0.3 is 5.97 Å². The average Bonchev–Trinajstić information content (AvgIpc) is 2.84. The summed E-state index contributed by atoms with van der Waals surface area (Å²) in [7, 11) is 0. The van der Waals surface area contributed by atoms with E-state index in [-0.39, 0.29) is 0 Å². The monoisotopic (exact) mass is 432 g/mol. The van der Waals surface area contributed by atoms with Gasteiger partial charge in [0.1, 0.15) is 5.75 Å². The van der Waals surface area contributed by atoms with Crippen LogP contribution < -0.4 is 4.74 Å². The number of hydrogen-bond acceptors (Lipinski definition) is 4. The Balaban J connectivity index is 1.56. The SMILES string of the molecule is CCCCCC1CCC(c2ccc(-c3ccc(OC(=O)C(C)(C#N)CC)cc3)nc2)CC1. The van der Waals surface area contributed by atoms with E-state index in [4.69, 9.17) is 9.72 Å². The number of unbranched alkanes of at least 4 members (excludes halogenated alkanes) is 2. The van der Waals surface area contributed by atoms with Crippen molar-refractivity contribution in [2.45, 2.75) is 84.5 Å². The highest BCUT2D eigenvalue weighted by Gasteiger charge is 2.33. The fourth-order valence-corrected chi connectivity index (χ4v) is 4.47. The summed E-state index contributed by atoms with van der Waals surface area (Å²) in [6, 6.07) is 13.7. The first-order chi connectivity index (χ1) is 15.5. The lowest BCUT2D eigenvalue weighted by atomic mass is 9.77. The zero-order valence-corrected chi connectivity index (χ0v) is 19.8. The van der Waals surface area contributed by atoms with E-state index < -0.39 is 11.4 Å². The van der Waals surface area contributed by atoms with Gasteiger partial charge in [0.25, 0.3) is 0 Å². The molecule has 4 nitrogen and oxygen atoms in total. The number of pyridine rings is 1. The summed E-state index contributed by atoms with van der Waals surface area (Å²) >= 11 is 0. The van der Waals surface area contributed by atoms with Gasteiger partial charge in [-0.25, -0.2) is 4.79 Å². The van der Waals surface area contributed by atoms with Crippen LogP contribution >= 0.6 is 0 Å². The minimum absolute atomic E-state index is 0.414. The maximum absolute atomic E-state index is 12.3. The molecule has 1 saturated carbocycles. The number of nitrogens with zero attached hydrogens (tertiary/aromatic N) is 2. The van der Waals surface area contributed by atoms with Crippen LogP contribution in [0, 0.1) is 22.7 Å². The van der Waals surface area contributed by atoms with Crippen molar-refractivity contribution in [3.8, 4) is 23.1 Å². The lowest BCUT2D eigenvalue weighted by Crippen LogP contribution is -2.29. The molecule has 2 aromatic rings. The van der Waals surface area contributed by atoms with Crippen molar-refractivity contribution in [3.63, 3.8) is 0 Å². The summed E-state index contributed by atoms with van der Waals surface area (Å²) in [5.74, 6) is 1.48. The summed E-state index contributed by atoms with van der Waals surface area (Å²) < 4.78 is 5.41. The van der Waals surface area contributed by atoms with Crippen molar-refractivity contribution >= 4 is 5.97 Å². The molecule has 3 rings (SSSR count). The van der Waals surface area contributed by atoms with Gasteiger partial charge in [-0.2, -0.15) is 5.26 Å². The van der Waals surface area contributed by atoms with E-state index in [1.54, 1.807) is 19.1 Å². The van der Waals surface area contributed by atoms with Crippen LogP contribution in [-0.4, -0.2) is 11.0 Å². The Hall–Kier alpha value is -2.67. The van der Waals surface area contributed by atoms with Gasteiger partial charge in [-0.3, -0.25) is 4.98 Å². The van der Waals surface area contributed by atoms with E-state index in [2.05, 4.69) is 19.1 Å². The van der Waals surface area contributed by atoms with Crippen molar-refractivity contribution in [1.82, 2.24) is 4.98 Å². The standard InChI is InChI=1S/C28H36N2O2/c1-4-6-7-8-21-9-11-22(12-10-21)24-15-18-26(30-19-24)23-13-16-25(17-14-23)32-27(31)28(3,5-2)20-29/h13-19,21-22H,4-12H2,1-3H3. The molecule has 1 fully saturated rings. The molecule has 0 saturated heterocycles. The Labute approximate surface area is 193 Å². The number of carbonyl (C=O) groups is 1. The molecular weight excluding hydrogens is 396 g/mol. The van der Waals surface area contributed by atoms with Gasteiger partial charge in [0, 0.05) is 11.8 Å². The number of hydrogen-bond donors (Lipinski definition) is 0. The van der Waals surface area contributed by atoms with Gasteiger partial charge < -0.3 is 4.74 Å². The van der Waals surface area contributed by atoms with Crippen LogP contribution in [0.5, 0.6) is 5.75 Å². The highest BCUT2D eigenvalue weighted by atomic mass is 16.5. The third-order valence-electron chi connectivity index (χ3n) is 7.09. The molecule has 1 aliphatic rings. The zero-order valence-electron chi connectivity index (χ0n) is 19.8. The van der Waals surface area contributed by atoms with E-state index in [1.165, 1.54) is 56.9 Å². The van der Waals surface area contributed by atoms with Crippen LogP contribution in [0.1, 0.15) is 90.0 Å². The maximum atomic E-state index is 12.3. The normalized spacial score (nSPS) is 20.2. The third-order valence-corrected chi connectivity index (χ3v) is 7.09. The summed E-state index contributed by atoms with van der Waals surface area (Å²) in [5.41, 5.74) is 2.12. The highest BCUT2D eigenvalue weighted by molar-refractivity contribution is 5.81. The molecule has 32 heavy (non-hydrogen) atoms. The van der Waals surface area contributed by atoms with Crippen molar-refractivity contribution in [3.05, 3.63) is 48.2 Å². The van der Waals surface area contributed by atoms with Crippen LogP contribution in [0.15, 0.2) is 42.6 Å². The molecule has 170 valence electrons. The van der Waals surface area contributed by atoms with Crippen molar-refractivity contribution < 1.29 is 9.53 Å². The number of ether oxygens (including phenoxy) is 1. The molecule has 0 amide bonds. The summed E-state index contributed by atoms with van der Waals surface area (Å²) in [4.78, 5) is 17.0. The highest BCUT2D eigenvalue weighted by Crippen LogP contribution is 2.38. The summed E-state index contributed by atoms with van der Waals surface area (Å²) in [6.45, 7) is 5.69. The van der Waals surface area contributed by atoms with E-state index >= 15 is 0 Å². The molecule has 1 heterocycles. The van der Waals surface area contributed by atoms with Gasteiger partial charge in [-0.15, -0.1) is 0 Å². The van der Waals surface area contributed by atoms with E-state index in [0.717, 1.165) is 17.2 Å². The number of nitriles is 1. The lowest BCUT2D eigenvalue weighted by Gasteiger charge is -2.28. The second-order valence-corrected chi connectivity index (χ2v) is 9.40. The topological polar surface area (TPSA) is 63.0 Å². The molecule has 0 N–H and O–H groups in total. The minimum atomic E-state index is -1.12. The Morgan fingerprint density at radius 3 is 2.38 bits per heavy atom. The molecule has 1 aromatic carbocycles. The van der Waals surface area contributed by atoms with E-state index in [1.807, 2.05) is 31.3 Å². The second kappa shape index (κ2) is 11.3. The van der Waals surface area contributed by atoms with E-state index in [9.17, 15) is 10.1 Å². The molecule has 0 radical (unpaired) electrons. The minimum Gasteiger partial charge on any atom is -0.425 e. The fourth-order valence-electron chi connectivity index (χ4n) is 4.47. The predicted molar refractivity (Wildman–Crippen MR) is 128 cm³/mol. The van der Waals surface area contributed by atoms with Crippen molar-refractivity contribution in [2.24, 2.45) is 11.3 Å². The Morgan fingerprint density at radius 1 is 1.09 bits per heavy atom. The van der Waals surface area contributed by atoms with Gasteiger partial charge in [-0.1, -0.05) is 45.6 Å². The Morgan fingerprint density at radius 2 is 1.81 bits per heavy atom. The van der Waals surface area contributed by atoms with Crippen molar-refractivity contribution in [2.75, 3.05) is 0 Å². The number of aromatic nitrogens is 1. The Bertz CT molecular complexity index is 906. The summed E-state index contributed by atoms with van der Waals surface area (Å²) in [6.07, 6.45) is 13.1. The average molecular weight is 433 g/mol. The molecule has 1 unspecified atom stereocenters. The quantitative estimate of drug-likeness (QED) is 0.234. The fraction of sp³-hybridized carbons (Fsp3) is 0.536. The van der Waals surface area contributed by atoms with Gasteiger partial charge in [0.15, 0.2) is 5.41 Å². The smallest absolute Gasteiger partial charge is 0.331 e. The molecular formula is C28H36N2O2. The number of rotatable bonds is 9. The van der Waals surface area contributed by atoms with Gasteiger partial charge in [0.2, 0.25) is 0 Å². The number of carbonyl (C=O) groups excluding carboxylic acids is 1. The first kappa shape index (κ1) is 24.0. The van der Waals surface area contributed by atoms with Crippen LogP contribution in [0.25, 0.3) is 11.3 Å². The summed E-state index contributed by atoms with van der Waals surface area (Å²) in [5, 5.41) is 9.24. The molecule has 0 aliphatic heterocycles. The lowest BCUT2D eigenvalue weighted by molar-refractivity contribution is -0.141. The first-order valence-electron chi connectivity index (χ1n) is 12.2. The molecule has 1 aromatic heterocycles. The second-order valence-electron chi connectivity index (χ2n) is 9.40. The molecule has 0 bridgehead atoms. The van der Waals surface area contributed by atoms with Crippen molar-refractivity contribution in [1.29, 1.82) is 5.26 Å². The van der Waals surface area contributed by atoms with Crippen LogP contribution in [0.2, 0.25) is 0 Å². The van der Waals surface area contributed by atoms with Crippen LogP contribution in [0.4, 0.5) is 0 Å². The largest absolute Gasteiger partial charge is 0.425 e. The Kier molecular flexibility index (Phi) is 8.45. The molecule has 0 spiro atoms. The van der Waals surface area contributed by atoms with Gasteiger partial charge in [-0.05, 0) is 86.8 Å². The van der Waals surface area contributed by atoms with Crippen LogP contribution in [-0.2, 0) is 4.79 Å². The van der Waals surface area contributed by atoms with Gasteiger partial charge in [0.05, 0.1) is 11.8 Å². The zero-order chi connectivity index (χ0) is 23.0. The van der Waals surface area contributed by atoms with E-state index in [0.29, 0.717) is 18.1 Å². The first-order valence-corrected chi connectivity index (χ1v) is 12.2. The maximum Gasteiger partial charge on any atom is 0.331 e. The molecule has 1 atom stereocenters. The third kappa shape index (κ3) is 5.97. The number of esters is 1. The van der Waals surface area contributed by atoms with Crippen LogP contribution in [0.3, 0.4) is 0 Å². The molecule has 1 aliphatic carbocycles.